The van der Waals surface area contributed by atoms with Crippen molar-refractivity contribution in [2.24, 2.45) is 0 Å². The second kappa shape index (κ2) is 2.63. The number of aromatic nitrogens is 2. The lowest BCUT2D eigenvalue weighted by Gasteiger charge is -1.91. The van der Waals surface area contributed by atoms with Gasteiger partial charge in [0.2, 0.25) is 5.03 Å². The summed E-state index contributed by atoms with van der Waals surface area (Å²) in [5.74, 6) is 0. The Morgan fingerprint density at radius 2 is 2.36 bits per heavy atom. The first kappa shape index (κ1) is 8.22. The highest BCUT2D eigenvalue weighted by molar-refractivity contribution is 7.85. The average Bonchev–Trinajstić information content (AvgIpc) is 2.32. The monoisotopic (exact) mass is 176 g/mol. The molecule has 0 aliphatic heterocycles. The molecule has 11 heavy (non-hydrogen) atoms. The van der Waals surface area contributed by atoms with E-state index in [1.807, 2.05) is 6.92 Å². The lowest BCUT2D eigenvalue weighted by Crippen LogP contribution is -2.01. The average molecular weight is 176 g/mol. The Bertz CT molecular complexity index is 340. The first-order valence-electron chi connectivity index (χ1n) is 3.05. The van der Waals surface area contributed by atoms with Gasteiger partial charge in [0.05, 0.1) is 0 Å². The van der Waals surface area contributed by atoms with Crippen molar-refractivity contribution in [3.8, 4) is 0 Å². The molecule has 0 fully saturated rings. The van der Waals surface area contributed by atoms with Crippen LogP contribution >= 0.6 is 0 Å². The van der Waals surface area contributed by atoms with Crippen molar-refractivity contribution < 1.29 is 13.0 Å². The van der Waals surface area contributed by atoms with Crippen LogP contribution in [-0.4, -0.2) is 22.8 Å². The van der Waals surface area contributed by atoms with Crippen molar-refractivity contribution in [3.63, 3.8) is 0 Å². The summed E-state index contributed by atoms with van der Waals surface area (Å²) in [6, 6.07) is 1.25. The standard InChI is InChI=1S/C5H8N2O3S/c1-2-7-4-3-5(6-7)11(8,9)10/h3-4H,2H2,1H3,(H,8,9,10). The minimum Gasteiger partial charge on any atom is -0.281 e. The van der Waals surface area contributed by atoms with E-state index in [2.05, 4.69) is 5.10 Å². The van der Waals surface area contributed by atoms with Gasteiger partial charge in [0.1, 0.15) is 0 Å². The van der Waals surface area contributed by atoms with Crippen molar-refractivity contribution in [2.75, 3.05) is 0 Å². The molecule has 0 unspecified atom stereocenters. The molecule has 1 aromatic heterocycles. The number of rotatable bonds is 2. The molecule has 0 spiro atoms. The van der Waals surface area contributed by atoms with Gasteiger partial charge in [-0.2, -0.15) is 13.5 Å². The van der Waals surface area contributed by atoms with Gasteiger partial charge in [-0.25, -0.2) is 0 Å². The van der Waals surface area contributed by atoms with Crippen LogP contribution in [0.1, 0.15) is 6.92 Å². The van der Waals surface area contributed by atoms with E-state index >= 15 is 0 Å². The molecule has 0 aliphatic carbocycles. The Kier molecular flexibility index (Phi) is 1.97. The zero-order chi connectivity index (χ0) is 8.48. The van der Waals surface area contributed by atoms with Gasteiger partial charge in [-0.1, -0.05) is 0 Å². The molecule has 0 atom stereocenters. The molecule has 0 bridgehead atoms. The highest BCUT2D eigenvalue weighted by Crippen LogP contribution is 2.02. The van der Waals surface area contributed by atoms with Crippen molar-refractivity contribution in [3.05, 3.63) is 12.3 Å². The molecule has 1 aromatic rings. The lowest BCUT2D eigenvalue weighted by atomic mass is 10.7. The maximum absolute atomic E-state index is 10.4. The lowest BCUT2D eigenvalue weighted by molar-refractivity contribution is 0.475. The van der Waals surface area contributed by atoms with Crippen molar-refractivity contribution in [1.82, 2.24) is 9.78 Å². The molecule has 1 heterocycles. The van der Waals surface area contributed by atoms with Crippen LogP contribution in [0.4, 0.5) is 0 Å². The predicted octanol–water partition coefficient (Wildman–Crippen LogP) is 0.150. The summed E-state index contributed by atoms with van der Waals surface area (Å²) in [6.07, 6.45) is 1.49. The number of hydrogen-bond acceptors (Lipinski definition) is 3. The largest absolute Gasteiger partial charge is 0.313 e. The molecule has 1 N–H and O–H groups in total. The highest BCUT2D eigenvalue weighted by Gasteiger charge is 2.11. The molecule has 0 aromatic carbocycles. The molecule has 62 valence electrons. The van der Waals surface area contributed by atoms with E-state index in [-0.39, 0.29) is 5.03 Å². The number of hydrogen-bond donors (Lipinski definition) is 1. The zero-order valence-electron chi connectivity index (χ0n) is 5.93. The Morgan fingerprint density at radius 3 is 2.64 bits per heavy atom. The van der Waals surface area contributed by atoms with Crippen LogP contribution in [0.3, 0.4) is 0 Å². The van der Waals surface area contributed by atoms with E-state index in [1.54, 1.807) is 0 Å². The SMILES string of the molecule is CCn1ccc(S(=O)(=O)O)n1. The van der Waals surface area contributed by atoms with Crippen LogP contribution in [0.2, 0.25) is 0 Å². The highest BCUT2D eigenvalue weighted by atomic mass is 32.2. The van der Waals surface area contributed by atoms with Crippen molar-refractivity contribution >= 4 is 10.1 Å². The Morgan fingerprint density at radius 1 is 1.73 bits per heavy atom. The number of nitrogens with zero attached hydrogens (tertiary/aromatic N) is 2. The van der Waals surface area contributed by atoms with Crippen LogP contribution in [0.5, 0.6) is 0 Å². The topological polar surface area (TPSA) is 72.2 Å². The van der Waals surface area contributed by atoms with Gasteiger partial charge in [0.15, 0.2) is 0 Å². The first-order valence-corrected chi connectivity index (χ1v) is 4.49. The van der Waals surface area contributed by atoms with Gasteiger partial charge in [-0.15, -0.1) is 0 Å². The van der Waals surface area contributed by atoms with Crippen LogP contribution in [0.15, 0.2) is 17.3 Å². The van der Waals surface area contributed by atoms with Crippen LogP contribution in [0.25, 0.3) is 0 Å². The molecule has 0 radical (unpaired) electrons. The fraction of sp³-hybridized carbons (Fsp3) is 0.400. The molecule has 5 nitrogen and oxygen atoms in total. The third-order valence-electron chi connectivity index (χ3n) is 1.20. The minimum absolute atomic E-state index is 0.306. The molecule has 0 amide bonds. The molecule has 0 aliphatic rings. The summed E-state index contributed by atoms with van der Waals surface area (Å²) in [4.78, 5) is 0. The summed E-state index contributed by atoms with van der Waals surface area (Å²) in [5.41, 5.74) is 0. The van der Waals surface area contributed by atoms with E-state index in [4.69, 9.17) is 4.55 Å². The second-order valence-corrected chi connectivity index (χ2v) is 3.35. The molecule has 0 saturated heterocycles. The summed E-state index contributed by atoms with van der Waals surface area (Å²) in [6.45, 7) is 2.40. The van der Waals surface area contributed by atoms with E-state index in [0.717, 1.165) is 0 Å². The van der Waals surface area contributed by atoms with Gasteiger partial charge >= 0.3 is 10.1 Å². The van der Waals surface area contributed by atoms with Crippen LogP contribution < -0.4 is 0 Å². The van der Waals surface area contributed by atoms with Gasteiger partial charge in [-0.3, -0.25) is 9.23 Å². The van der Waals surface area contributed by atoms with Gasteiger partial charge in [0.25, 0.3) is 0 Å². The summed E-state index contributed by atoms with van der Waals surface area (Å²) in [5, 5.41) is 3.27. The quantitative estimate of drug-likeness (QED) is 0.651. The smallest absolute Gasteiger partial charge is 0.281 e. The first-order chi connectivity index (χ1) is 5.04. The summed E-state index contributed by atoms with van der Waals surface area (Å²) < 4.78 is 30.8. The molecule has 0 saturated carbocycles. The maximum Gasteiger partial charge on any atom is 0.313 e. The Balaban J connectivity index is 3.09. The van der Waals surface area contributed by atoms with Gasteiger partial charge in [-0.05, 0) is 13.0 Å². The normalized spacial score (nSPS) is 11.8. The third kappa shape index (κ3) is 1.78. The molecular weight excluding hydrogens is 168 g/mol. The minimum atomic E-state index is -4.12. The maximum atomic E-state index is 10.4. The summed E-state index contributed by atoms with van der Waals surface area (Å²) in [7, 11) is -4.12. The molecule has 6 heteroatoms. The van der Waals surface area contributed by atoms with Gasteiger partial charge < -0.3 is 0 Å². The molecule has 1 rings (SSSR count). The second-order valence-electron chi connectivity index (χ2n) is 1.98. The fourth-order valence-electron chi connectivity index (χ4n) is 0.657. The van der Waals surface area contributed by atoms with Crippen LogP contribution in [0, 0.1) is 0 Å². The zero-order valence-corrected chi connectivity index (χ0v) is 6.74. The summed E-state index contributed by atoms with van der Waals surface area (Å²) >= 11 is 0. The predicted molar refractivity (Wildman–Crippen MR) is 37.7 cm³/mol. The van der Waals surface area contributed by atoms with Crippen molar-refractivity contribution in [1.29, 1.82) is 0 Å². The Labute approximate surface area is 64.4 Å². The van der Waals surface area contributed by atoms with E-state index in [1.165, 1.54) is 16.9 Å². The van der Waals surface area contributed by atoms with Crippen molar-refractivity contribution in [2.45, 2.75) is 18.5 Å². The Hall–Kier alpha value is -0.880. The van der Waals surface area contributed by atoms with E-state index in [0.29, 0.717) is 6.54 Å². The third-order valence-corrected chi connectivity index (χ3v) is 1.95. The molecular formula is C5H8N2O3S. The van der Waals surface area contributed by atoms with E-state index in [9.17, 15) is 8.42 Å². The van der Waals surface area contributed by atoms with Gasteiger partial charge in [0, 0.05) is 12.7 Å². The van der Waals surface area contributed by atoms with E-state index < -0.39 is 10.1 Å². The number of aryl methyl sites for hydroxylation is 1. The fourth-order valence-corrected chi connectivity index (χ4v) is 1.10. The van der Waals surface area contributed by atoms with Crippen LogP contribution in [-0.2, 0) is 16.7 Å².